The van der Waals surface area contributed by atoms with Gasteiger partial charge in [-0.2, -0.15) is 0 Å². The lowest BCUT2D eigenvalue weighted by Gasteiger charge is -2.32. The first-order chi connectivity index (χ1) is 16.9. The average Bonchev–Trinajstić information content (AvgIpc) is 3.33. The molecule has 2 N–H and O–H groups in total. The fourth-order valence-electron chi connectivity index (χ4n) is 4.18. The molecule has 1 aliphatic rings. The van der Waals surface area contributed by atoms with Crippen LogP contribution in [0.3, 0.4) is 0 Å². The van der Waals surface area contributed by atoms with Crippen molar-refractivity contribution in [3.63, 3.8) is 0 Å². The van der Waals surface area contributed by atoms with Crippen LogP contribution in [0.25, 0.3) is 0 Å². The van der Waals surface area contributed by atoms with Gasteiger partial charge in [0.1, 0.15) is 23.1 Å². The molecule has 35 heavy (non-hydrogen) atoms. The molecule has 3 aromatic rings. The van der Waals surface area contributed by atoms with E-state index in [1.807, 2.05) is 12.1 Å². The number of rotatable bonds is 8. The normalized spacial score (nSPS) is 17.7. The van der Waals surface area contributed by atoms with Crippen LogP contribution in [0.15, 0.2) is 53.9 Å². The number of halogens is 1. The highest BCUT2D eigenvalue weighted by molar-refractivity contribution is 7.09. The molecule has 8 heteroatoms. The van der Waals surface area contributed by atoms with Crippen molar-refractivity contribution in [2.45, 2.75) is 64.1 Å². The molecule has 2 aromatic carbocycles. The van der Waals surface area contributed by atoms with Gasteiger partial charge in [-0.3, -0.25) is 9.59 Å². The monoisotopic (exact) mass is 511 g/mol. The van der Waals surface area contributed by atoms with Gasteiger partial charge in [-0.25, -0.2) is 4.98 Å². The Hall–Kier alpha value is -2.90. The van der Waals surface area contributed by atoms with Crippen LogP contribution >= 0.6 is 22.9 Å². The average molecular weight is 512 g/mol. The molecule has 2 atom stereocenters. The minimum absolute atomic E-state index is 0.144. The van der Waals surface area contributed by atoms with Gasteiger partial charge >= 0.3 is 0 Å². The van der Waals surface area contributed by atoms with E-state index in [0.29, 0.717) is 28.8 Å². The molecule has 4 rings (SSSR count). The zero-order chi connectivity index (χ0) is 24.8. The lowest BCUT2D eigenvalue weighted by molar-refractivity contribution is 0.0860. The third-order valence-corrected chi connectivity index (χ3v) is 7.24. The van der Waals surface area contributed by atoms with Crippen molar-refractivity contribution in [2.75, 3.05) is 0 Å². The Labute approximate surface area is 215 Å². The van der Waals surface area contributed by atoms with Gasteiger partial charge in [0.2, 0.25) is 0 Å². The third kappa shape index (κ3) is 6.83. The molecular weight excluding hydrogens is 482 g/mol. The first-order valence-corrected chi connectivity index (χ1v) is 13.2. The molecule has 0 radical (unpaired) electrons. The quantitative estimate of drug-likeness (QED) is 0.390. The van der Waals surface area contributed by atoms with Crippen LogP contribution < -0.4 is 15.4 Å². The number of aromatic nitrogens is 1. The van der Waals surface area contributed by atoms with Crippen LogP contribution in [0, 0.1) is 0 Å². The molecule has 184 valence electrons. The molecule has 2 amide bonds. The molecule has 1 heterocycles. The predicted octanol–water partition coefficient (Wildman–Crippen LogP) is 5.97. The van der Waals surface area contributed by atoms with Gasteiger partial charge in [0, 0.05) is 28.0 Å². The summed E-state index contributed by atoms with van der Waals surface area (Å²) in [6.07, 6.45) is 3.62. The highest BCUT2D eigenvalue weighted by atomic mass is 35.5. The number of benzene rings is 2. The van der Waals surface area contributed by atoms with Crippen molar-refractivity contribution < 1.29 is 14.3 Å². The molecule has 0 unspecified atom stereocenters. The first-order valence-electron chi connectivity index (χ1n) is 11.9. The number of carbonyl (C=O) groups is 2. The fourth-order valence-corrected chi connectivity index (χ4v) is 5.05. The summed E-state index contributed by atoms with van der Waals surface area (Å²) in [5.41, 5.74) is 2.14. The first kappa shape index (κ1) is 25.2. The number of thiazole rings is 1. The van der Waals surface area contributed by atoms with E-state index in [-0.39, 0.29) is 23.9 Å². The Kier molecular flexibility index (Phi) is 8.42. The van der Waals surface area contributed by atoms with Crippen molar-refractivity contribution >= 4 is 34.8 Å². The van der Waals surface area contributed by atoms with Crippen LogP contribution in [-0.2, 0) is 6.61 Å². The van der Waals surface area contributed by atoms with E-state index >= 15 is 0 Å². The molecule has 6 nitrogen and oxygen atoms in total. The summed E-state index contributed by atoms with van der Waals surface area (Å²) in [4.78, 5) is 30.1. The zero-order valence-corrected chi connectivity index (χ0v) is 21.5. The van der Waals surface area contributed by atoms with E-state index in [9.17, 15) is 9.59 Å². The highest BCUT2D eigenvalue weighted by Crippen LogP contribution is 2.22. The maximum Gasteiger partial charge on any atom is 0.271 e. The molecule has 0 aliphatic heterocycles. The Morgan fingerprint density at radius 3 is 2.40 bits per heavy atom. The largest absolute Gasteiger partial charge is 0.486 e. The summed E-state index contributed by atoms with van der Waals surface area (Å²) in [5, 5.41) is 9.15. The fraction of sp³-hybridized carbons (Fsp3) is 0.370. The van der Waals surface area contributed by atoms with E-state index < -0.39 is 0 Å². The summed E-state index contributed by atoms with van der Waals surface area (Å²) < 4.78 is 5.84. The highest BCUT2D eigenvalue weighted by Gasteiger charge is 2.29. The van der Waals surface area contributed by atoms with Gasteiger partial charge in [-0.1, -0.05) is 56.5 Å². The summed E-state index contributed by atoms with van der Waals surface area (Å²) in [6.45, 7) is 4.61. The van der Waals surface area contributed by atoms with Gasteiger partial charge in [-0.05, 0) is 54.7 Å². The lowest BCUT2D eigenvalue weighted by Crippen LogP contribution is -2.53. The number of hydrogen-bond acceptors (Lipinski definition) is 5. The number of ether oxygens (including phenoxy) is 1. The zero-order valence-electron chi connectivity index (χ0n) is 19.9. The second-order valence-corrected chi connectivity index (χ2v) is 10.5. The maximum atomic E-state index is 12.9. The van der Waals surface area contributed by atoms with Crippen molar-refractivity contribution in [2.24, 2.45) is 0 Å². The Bertz CT molecular complexity index is 1160. The maximum absolute atomic E-state index is 12.9. The van der Waals surface area contributed by atoms with E-state index in [1.165, 1.54) is 16.9 Å². The van der Waals surface area contributed by atoms with E-state index in [2.05, 4.69) is 41.6 Å². The number of amides is 2. The minimum atomic E-state index is -0.234. The van der Waals surface area contributed by atoms with E-state index in [0.717, 1.165) is 36.4 Å². The van der Waals surface area contributed by atoms with Gasteiger partial charge in [0.05, 0.1) is 0 Å². The summed E-state index contributed by atoms with van der Waals surface area (Å²) in [7, 11) is 0. The van der Waals surface area contributed by atoms with Crippen LogP contribution in [-0.4, -0.2) is 28.9 Å². The number of nitrogens with one attached hydrogen (secondary N) is 2. The van der Waals surface area contributed by atoms with E-state index in [1.54, 1.807) is 29.6 Å². The van der Waals surface area contributed by atoms with Crippen LogP contribution in [0.1, 0.15) is 76.9 Å². The molecule has 0 saturated heterocycles. The van der Waals surface area contributed by atoms with E-state index in [4.69, 9.17) is 16.3 Å². The molecule has 1 aliphatic carbocycles. The van der Waals surface area contributed by atoms with Crippen molar-refractivity contribution in [3.05, 3.63) is 80.8 Å². The number of hydrogen-bond donors (Lipinski definition) is 2. The predicted molar refractivity (Wildman–Crippen MR) is 139 cm³/mol. The Balaban J connectivity index is 1.32. The van der Waals surface area contributed by atoms with Gasteiger partial charge in [-0.15, -0.1) is 11.3 Å². The van der Waals surface area contributed by atoms with Crippen molar-refractivity contribution in [3.8, 4) is 5.75 Å². The second-order valence-electron chi connectivity index (χ2n) is 9.09. The van der Waals surface area contributed by atoms with Crippen molar-refractivity contribution in [1.82, 2.24) is 15.6 Å². The van der Waals surface area contributed by atoms with Crippen LogP contribution in [0.5, 0.6) is 5.75 Å². The number of carbonyl (C=O) groups excluding carboxylic acids is 2. The molecule has 0 bridgehead atoms. The van der Waals surface area contributed by atoms with Crippen LogP contribution in [0.2, 0.25) is 5.02 Å². The summed E-state index contributed by atoms with van der Waals surface area (Å²) in [6, 6.07) is 14.6. The van der Waals surface area contributed by atoms with Crippen LogP contribution in [0.4, 0.5) is 0 Å². The molecule has 1 fully saturated rings. The topological polar surface area (TPSA) is 80.3 Å². The van der Waals surface area contributed by atoms with Crippen molar-refractivity contribution in [1.29, 1.82) is 0 Å². The second kappa shape index (κ2) is 11.7. The van der Waals surface area contributed by atoms with Gasteiger partial charge < -0.3 is 15.4 Å². The SMILES string of the molecule is CC(C)c1ccc(OCc2nc(C(=O)N[C@H]3CCCC[C@@H]3NC(=O)c3cccc(Cl)c3)cs2)cc1. The summed E-state index contributed by atoms with van der Waals surface area (Å²) in [5.74, 6) is 0.824. The molecule has 1 saturated carbocycles. The molecule has 0 spiro atoms. The van der Waals surface area contributed by atoms with Gasteiger partial charge in [0.25, 0.3) is 11.8 Å². The van der Waals surface area contributed by atoms with Gasteiger partial charge in [0.15, 0.2) is 0 Å². The standard InChI is InChI=1S/C27H30ClN3O3S/c1-17(2)18-10-12-21(13-11-18)34-15-25-29-24(16-35-25)27(33)31-23-9-4-3-8-22(23)30-26(32)19-6-5-7-20(28)14-19/h5-7,10-14,16-17,22-23H,3-4,8-9,15H2,1-2H3,(H,30,32)(H,31,33)/t22-,23-/m0/s1. The number of nitrogens with zero attached hydrogens (tertiary/aromatic N) is 1. The molecule has 1 aromatic heterocycles. The lowest BCUT2D eigenvalue weighted by atomic mass is 9.90. The third-order valence-electron chi connectivity index (χ3n) is 6.18. The Morgan fingerprint density at radius 1 is 1.06 bits per heavy atom. The summed E-state index contributed by atoms with van der Waals surface area (Å²) >= 11 is 7.42. The molecular formula is C27H30ClN3O3S. The Morgan fingerprint density at radius 2 is 1.74 bits per heavy atom. The minimum Gasteiger partial charge on any atom is -0.486 e. The smallest absolute Gasteiger partial charge is 0.271 e.